The normalized spacial score (nSPS) is 18.3. The Balaban J connectivity index is 1.76. The van der Waals surface area contributed by atoms with Gasteiger partial charge in [0.25, 0.3) is 0 Å². The number of nitrogens with zero attached hydrogens (tertiary/aromatic N) is 2. The maximum Gasteiger partial charge on any atom is 0.141 e. The number of rotatable bonds is 3. The molecule has 1 fully saturated rings. The Bertz CT molecular complexity index is 1120. The number of hydrogen-bond donors (Lipinski definition) is 1. The van der Waals surface area contributed by atoms with Crippen molar-refractivity contribution < 1.29 is 4.39 Å². The number of halogens is 2. The van der Waals surface area contributed by atoms with Crippen LogP contribution in [0.15, 0.2) is 55.0 Å². The standard InChI is InChI=1S/C25H25ClFN3/c26-22-16-17(9-10-23(22)27)19-8-4-5-15-30(18-6-2-1-3-7-18)24(19)20-11-13-28-25-21(20)12-14-29-25/h5,9-16,18H,1-4,6-8H2,(H,28,29). The van der Waals surface area contributed by atoms with Crippen molar-refractivity contribution in [1.82, 2.24) is 14.9 Å². The number of benzene rings is 1. The molecule has 0 amide bonds. The number of aromatic amines is 1. The van der Waals surface area contributed by atoms with E-state index in [1.165, 1.54) is 49.4 Å². The molecule has 1 aliphatic heterocycles. The van der Waals surface area contributed by atoms with Crippen molar-refractivity contribution in [2.45, 2.75) is 51.0 Å². The van der Waals surface area contributed by atoms with E-state index in [9.17, 15) is 4.39 Å². The molecule has 0 atom stereocenters. The van der Waals surface area contributed by atoms with Crippen molar-refractivity contribution in [3.05, 3.63) is 77.0 Å². The van der Waals surface area contributed by atoms with Crippen LogP contribution in [0.4, 0.5) is 4.39 Å². The zero-order valence-electron chi connectivity index (χ0n) is 16.9. The highest BCUT2D eigenvalue weighted by Crippen LogP contribution is 2.41. The number of fused-ring (bicyclic) bond motifs is 1. The van der Waals surface area contributed by atoms with Gasteiger partial charge < -0.3 is 9.88 Å². The molecule has 0 spiro atoms. The number of aromatic nitrogens is 2. The van der Waals surface area contributed by atoms with E-state index in [2.05, 4.69) is 39.3 Å². The van der Waals surface area contributed by atoms with Gasteiger partial charge in [0, 0.05) is 35.6 Å². The summed E-state index contributed by atoms with van der Waals surface area (Å²) < 4.78 is 13.9. The second kappa shape index (κ2) is 8.27. The Morgan fingerprint density at radius 3 is 2.80 bits per heavy atom. The lowest BCUT2D eigenvalue weighted by Gasteiger charge is -2.36. The minimum atomic E-state index is -0.379. The zero-order chi connectivity index (χ0) is 20.5. The van der Waals surface area contributed by atoms with Crippen molar-refractivity contribution in [1.29, 1.82) is 0 Å². The molecule has 3 heterocycles. The molecule has 0 saturated heterocycles. The van der Waals surface area contributed by atoms with E-state index >= 15 is 0 Å². The monoisotopic (exact) mass is 421 g/mol. The highest BCUT2D eigenvalue weighted by Gasteiger charge is 2.27. The SMILES string of the molecule is Fc1ccc(C2=C(c3ccnc4[nH]ccc34)N(C3CCCCC3)C=CCC2)cc1Cl. The van der Waals surface area contributed by atoms with E-state index in [1.54, 1.807) is 6.07 Å². The lowest BCUT2D eigenvalue weighted by molar-refractivity contribution is 0.289. The minimum absolute atomic E-state index is 0.169. The van der Waals surface area contributed by atoms with Crippen molar-refractivity contribution >= 4 is 33.9 Å². The summed E-state index contributed by atoms with van der Waals surface area (Å²) in [6.45, 7) is 0. The molecular formula is C25H25ClFN3. The molecule has 2 aromatic heterocycles. The largest absolute Gasteiger partial charge is 0.346 e. The highest BCUT2D eigenvalue weighted by atomic mass is 35.5. The molecule has 1 saturated carbocycles. The highest BCUT2D eigenvalue weighted by molar-refractivity contribution is 6.31. The summed E-state index contributed by atoms with van der Waals surface area (Å²) in [4.78, 5) is 10.2. The van der Waals surface area contributed by atoms with Crippen LogP contribution in [0.1, 0.15) is 56.1 Å². The predicted molar refractivity (Wildman–Crippen MR) is 121 cm³/mol. The van der Waals surface area contributed by atoms with Crippen LogP contribution in [-0.2, 0) is 0 Å². The summed E-state index contributed by atoms with van der Waals surface area (Å²) in [5.74, 6) is -0.379. The van der Waals surface area contributed by atoms with E-state index in [0.717, 1.165) is 35.0 Å². The average molecular weight is 422 g/mol. The number of H-pyrrole nitrogens is 1. The minimum Gasteiger partial charge on any atom is -0.346 e. The topological polar surface area (TPSA) is 31.9 Å². The van der Waals surface area contributed by atoms with Crippen LogP contribution in [0.2, 0.25) is 5.02 Å². The van der Waals surface area contributed by atoms with Crippen LogP contribution in [0, 0.1) is 5.82 Å². The summed E-state index contributed by atoms with van der Waals surface area (Å²) in [5, 5.41) is 1.27. The molecular weight excluding hydrogens is 397 g/mol. The summed E-state index contributed by atoms with van der Waals surface area (Å²) in [6, 6.07) is 9.77. The maximum atomic E-state index is 13.9. The molecule has 1 N–H and O–H groups in total. The molecule has 3 aromatic rings. The number of nitrogens with one attached hydrogen (secondary N) is 1. The van der Waals surface area contributed by atoms with Gasteiger partial charge in [-0.3, -0.25) is 0 Å². The smallest absolute Gasteiger partial charge is 0.141 e. The lowest BCUT2D eigenvalue weighted by Crippen LogP contribution is -2.31. The zero-order valence-corrected chi connectivity index (χ0v) is 17.6. The van der Waals surface area contributed by atoms with E-state index in [0.29, 0.717) is 6.04 Å². The second-order valence-electron chi connectivity index (χ2n) is 8.18. The van der Waals surface area contributed by atoms with Gasteiger partial charge in [0.05, 0.1) is 10.7 Å². The summed E-state index contributed by atoms with van der Waals surface area (Å²) in [5.41, 5.74) is 5.44. The van der Waals surface area contributed by atoms with Gasteiger partial charge >= 0.3 is 0 Å². The Morgan fingerprint density at radius 1 is 1.10 bits per heavy atom. The molecule has 0 bridgehead atoms. The number of pyridine rings is 1. The Kier molecular flexibility index (Phi) is 5.34. The van der Waals surface area contributed by atoms with Crippen LogP contribution in [0.5, 0.6) is 0 Å². The summed E-state index contributed by atoms with van der Waals surface area (Å²) in [7, 11) is 0. The molecule has 1 aliphatic carbocycles. The fourth-order valence-corrected chi connectivity index (χ4v) is 5.04. The molecule has 1 aromatic carbocycles. The van der Waals surface area contributed by atoms with Crippen molar-refractivity contribution in [3.8, 4) is 0 Å². The first-order chi connectivity index (χ1) is 14.7. The van der Waals surface area contributed by atoms with Crippen LogP contribution < -0.4 is 0 Å². The summed E-state index contributed by atoms with van der Waals surface area (Å²) >= 11 is 6.19. The van der Waals surface area contributed by atoms with E-state index in [1.807, 2.05) is 18.5 Å². The molecule has 2 aliphatic rings. The van der Waals surface area contributed by atoms with Gasteiger partial charge in [-0.15, -0.1) is 0 Å². The van der Waals surface area contributed by atoms with Gasteiger partial charge in [0.2, 0.25) is 0 Å². The second-order valence-corrected chi connectivity index (χ2v) is 8.58. The molecule has 154 valence electrons. The van der Waals surface area contributed by atoms with Crippen LogP contribution >= 0.6 is 11.6 Å². The third kappa shape index (κ3) is 3.54. The molecule has 3 nitrogen and oxygen atoms in total. The van der Waals surface area contributed by atoms with Crippen LogP contribution in [0.25, 0.3) is 22.3 Å². The van der Waals surface area contributed by atoms with Gasteiger partial charge in [-0.25, -0.2) is 9.37 Å². The first-order valence-electron chi connectivity index (χ1n) is 10.8. The first kappa shape index (κ1) is 19.4. The lowest BCUT2D eigenvalue weighted by atomic mass is 9.90. The molecule has 0 unspecified atom stereocenters. The Morgan fingerprint density at radius 2 is 1.97 bits per heavy atom. The van der Waals surface area contributed by atoms with Crippen molar-refractivity contribution in [2.24, 2.45) is 0 Å². The Labute approximate surface area is 181 Å². The molecule has 5 heteroatoms. The molecule has 0 radical (unpaired) electrons. The van der Waals surface area contributed by atoms with E-state index < -0.39 is 0 Å². The van der Waals surface area contributed by atoms with Gasteiger partial charge in [0.1, 0.15) is 11.5 Å². The quantitative estimate of drug-likeness (QED) is 0.486. The molecule has 30 heavy (non-hydrogen) atoms. The summed E-state index contributed by atoms with van der Waals surface area (Å²) in [6.07, 6.45) is 16.4. The van der Waals surface area contributed by atoms with Crippen LogP contribution in [-0.4, -0.2) is 20.9 Å². The van der Waals surface area contributed by atoms with E-state index in [-0.39, 0.29) is 10.8 Å². The van der Waals surface area contributed by atoms with E-state index in [4.69, 9.17) is 11.6 Å². The fraction of sp³-hybridized carbons (Fsp3) is 0.320. The van der Waals surface area contributed by atoms with Crippen molar-refractivity contribution in [2.75, 3.05) is 0 Å². The number of hydrogen-bond acceptors (Lipinski definition) is 2. The third-order valence-electron chi connectivity index (χ3n) is 6.32. The van der Waals surface area contributed by atoms with Crippen molar-refractivity contribution in [3.63, 3.8) is 0 Å². The maximum absolute atomic E-state index is 13.9. The third-order valence-corrected chi connectivity index (χ3v) is 6.61. The van der Waals surface area contributed by atoms with Gasteiger partial charge in [-0.2, -0.15) is 0 Å². The van der Waals surface area contributed by atoms with Gasteiger partial charge in [-0.05, 0) is 61.1 Å². The fourth-order valence-electron chi connectivity index (χ4n) is 4.86. The van der Waals surface area contributed by atoms with Gasteiger partial charge in [-0.1, -0.05) is 43.0 Å². The van der Waals surface area contributed by atoms with Gasteiger partial charge in [0.15, 0.2) is 0 Å². The first-order valence-corrected chi connectivity index (χ1v) is 11.2. The predicted octanol–water partition coefficient (Wildman–Crippen LogP) is 7.17. The van der Waals surface area contributed by atoms with Crippen LogP contribution in [0.3, 0.4) is 0 Å². The average Bonchev–Trinajstić information content (AvgIpc) is 3.15. The Hall–Kier alpha value is -2.59. The molecule has 5 rings (SSSR count). The number of allylic oxidation sites excluding steroid dienone is 2.